The molecule has 0 aliphatic carbocycles. The maximum absolute atomic E-state index is 12.6. The molecule has 3 heterocycles. The van der Waals surface area contributed by atoms with Gasteiger partial charge in [-0.05, 0) is 26.7 Å². The Morgan fingerprint density at radius 1 is 1.18 bits per heavy atom. The lowest BCUT2D eigenvalue weighted by molar-refractivity contribution is -0.164. The summed E-state index contributed by atoms with van der Waals surface area (Å²) in [4.78, 5) is 73.6. The molecule has 3 aliphatic rings. The number of aliphatic hydroxyl groups is 2. The van der Waals surface area contributed by atoms with E-state index in [1.54, 1.807) is 13.8 Å². The molecule has 186 valence electrons. The van der Waals surface area contributed by atoms with Gasteiger partial charge in [0.05, 0.1) is 17.6 Å². The average Bonchev–Trinajstić information content (AvgIpc) is 3.26. The molecule has 4 unspecified atom stereocenters. The summed E-state index contributed by atoms with van der Waals surface area (Å²) in [5.74, 6) is -3.66. The van der Waals surface area contributed by atoms with Crippen LogP contribution in [0.15, 0.2) is 12.2 Å². The molecule has 0 aromatic heterocycles. The summed E-state index contributed by atoms with van der Waals surface area (Å²) in [6.07, 6.45) is -1.30. The van der Waals surface area contributed by atoms with Gasteiger partial charge in [0.2, 0.25) is 5.91 Å². The molecule has 0 aromatic rings. The van der Waals surface area contributed by atoms with Gasteiger partial charge in [-0.25, -0.2) is 0 Å². The third-order valence-electron chi connectivity index (χ3n) is 6.13. The Morgan fingerprint density at radius 3 is 2.47 bits per heavy atom. The van der Waals surface area contributed by atoms with Crippen molar-refractivity contribution in [3.05, 3.63) is 12.2 Å². The van der Waals surface area contributed by atoms with E-state index >= 15 is 0 Å². The molecular formula is C21H28N4O9. The molecule has 34 heavy (non-hydrogen) atoms. The van der Waals surface area contributed by atoms with Crippen molar-refractivity contribution in [2.45, 2.75) is 57.5 Å². The average molecular weight is 480 g/mol. The van der Waals surface area contributed by atoms with Crippen LogP contribution in [0.2, 0.25) is 0 Å². The molecule has 0 saturated carbocycles. The quantitative estimate of drug-likeness (QED) is 0.153. The second-order valence-corrected chi connectivity index (χ2v) is 9.07. The highest BCUT2D eigenvalue weighted by Crippen LogP contribution is 2.28. The van der Waals surface area contributed by atoms with E-state index in [-0.39, 0.29) is 44.9 Å². The Hall–Kier alpha value is -3.32. The number of piperidine rings is 1. The number of imide groups is 1. The molecule has 2 fully saturated rings. The van der Waals surface area contributed by atoms with E-state index in [4.69, 9.17) is 4.74 Å². The number of nitrogens with one attached hydrogen (secondary N) is 2. The summed E-state index contributed by atoms with van der Waals surface area (Å²) in [6, 6.07) is -0.802. The van der Waals surface area contributed by atoms with E-state index in [2.05, 4.69) is 10.6 Å². The zero-order valence-corrected chi connectivity index (χ0v) is 18.9. The number of carbonyl (C=O) groups is 6. The topological polar surface area (TPSA) is 183 Å². The van der Waals surface area contributed by atoms with Crippen molar-refractivity contribution in [1.82, 2.24) is 20.4 Å². The largest absolute Gasteiger partial charge is 0.463 e. The van der Waals surface area contributed by atoms with E-state index in [1.165, 1.54) is 0 Å². The van der Waals surface area contributed by atoms with Crippen molar-refractivity contribution in [2.24, 2.45) is 5.41 Å². The molecule has 0 bridgehead atoms. The van der Waals surface area contributed by atoms with Crippen LogP contribution in [0.5, 0.6) is 0 Å². The Kier molecular flexibility index (Phi) is 7.36. The van der Waals surface area contributed by atoms with Crippen molar-refractivity contribution in [3.63, 3.8) is 0 Å². The lowest BCUT2D eigenvalue weighted by Gasteiger charge is -2.41. The van der Waals surface area contributed by atoms with Gasteiger partial charge >= 0.3 is 17.8 Å². The minimum Gasteiger partial charge on any atom is -0.463 e. The molecule has 4 N–H and O–H groups in total. The number of hydrogen-bond acceptors (Lipinski definition) is 9. The van der Waals surface area contributed by atoms with E-state index < -0.39 is 59.4 Å². The third kappa shape index (κ3) is 5.25. The number of hydrogen-bond donors (Lipinski definition) is 4. The zero-order chi connectivity index (χ0) is 25.2. The van der Waals surface area contributed by atoms with Crippen LogP contribution in [0, 0.1) is 5.41 Å². The van der Waals surface area contributed by atoms with Crippen molar-refractivity contribution in [2.75, 3.05) is 19.7 Å². The van der Waals surface area contributed by atoms with Crippen LogP contribution in [0.1, 0.15) is 33.1 Å². The third-order valence-corrected chi connectivity index (χ3v) is 6.13. The molecular weight excluding hydrogens is 452 g/mol. The monoisotopic (exact) mass is 480 g/mol. The Labute approximate surface area is 195 Å². The molecule has 4 atom stereocenters. The molecule has 0 radical (unpaired) electrons. The summed E-state index contributed by atoms with van der Waals surface area (Å²) in [5, 5.41) is 25.0. The van der Waals surface area contributed by atoms with Gasteiger partial charge in [0.25, 0.3) is 11.8 Å². The van der Waals surface area contributed by atoms with E-state index in [0.29, 0.717) is 0 Å². The molecule has 0 aromatic carbocycles. The number of esters is 1. The SMILES string of the molecule is CC(C)(CCC(=O)NCCN1C(=O)C=CC1=O)C(=O)OCC1CC(O)C(O)C2NC(=O)C(=O)N12. The number of ether oxygens (including phenoxy) is 1. The van der Waals surface area contributed by atoms with Crippen LogP contribution < -0.4 is 10.6 Å². The molecule has 13 heteroatoms. The second kappa shape index (κ2) is 9.89. The van der Waals surface area contributed by atoms with Gasteiger partial charge in [0, 0.05) is 31.7 Å². The van der Waals surface area contributed by atoms with Crippen LogP contribution in [0.4, 0.5) is 0 Å². The summed E-state index contributed by atoms with van der Waals surface area (Å²) < 4.78 is 5.34. The maximum atomic E-state index is 12.6. The number of amides is 5. The van der Waals surface area contributed by atoms with Crippen molar-refractivity contribution in [1.29, 1.82) is 0 Å². The molecule has 3 rings (SSSR count). The molecule has 0 spiro atoms. The first-order chi connectivity index (χ1) is 15.9. The minimum absolute atomic E-state index is 0.0122. The van der Waals surface area contributed by atoms with Gasteiger partial charge in [-0.15, -0.1) is 0 Å². The minimum atomic E-state index is -1.35. The first kappa shape index (κ1) is 25.3. The predicted octanol–water partition coefficient (Wildman–Crippen LogP) is -2.84. The lowest BCUT2D eigenvalue weighted by atomic mass is 9.87. The summed E-state index contributed by atoms with van der Waals surface area (Å²) in [7, 11) is 0. The zero-order valence-electron chi connectivity index (χ0n) is 18.9. The number of carbonyl (C=O) groups excluding carboxylic acids is 6. The summed E-state index contributed by atoms with van der Waals surface area (Å²) in [5.41, 5.74) is -1.06. The standard InChI is InChI=1S/C21H28N4O9/c1-21(2,6-5-13(27)22-7-8-24-14(28)3-4-15(24)29)20(33)34-10-11-9-12(26)16(30)17-23-18(31)19(32)25(11)17/h3-4,11-12,16-17,26,30H,5-10H2,1-2H3,(H,22,27)(H,23,31). The van der Waals surface area contributed by atoms with Crippen LogP contribution in [-0.2, 0) is 33.5 Å². The van der Waals surface area contributed by atoms with Gasteiger partial charge in [-0.3, -0.25) is 33.7 Å². The van der Waals surface area contributed by atoms with Crippen LogP contribution in [0.25, 0.3) is 0 Å². The summed E-state index contributed by atoms with van der Waals surface area (Å²) in [6.45, 7) is 3.00. The number of nitrogens with zero attached hydrogens (tertiary/aromatic N) is 2. The predicted molar refractivity (Wildman–Crippen MR) is 112 cm³/mol. The van der Waals surface area contributed by atoms with Crippen molar-refractivity contribution >= 4 is 35.5 Å². The normalized spacial score (nSPS) is 26.6. The van der Waals surface area contributed by atoms with Crippen LogP contribution in [0.3, 0.4) is 0 Å². The van der Waals surface area contributed by atoms with Gasteiger partial charge in [0.1, 0.15) is 18.9 Å². The Morgan fingerprint density at radius 2 is 1.82 bits per heavy atom. The smallest absolute Gasteiger partial charge is 0.314 e. The highest BCUT2D eigenvalue weighted by atomic mass is 16.5. The highest BCUT2D eigenvalue weighted by molar-refractivity contribution is 6.37. The lowest BCUT2D eigenvalue weighted by Crippen LogP contribution is -2.61. The Balaban J connectivity index is 1.44. The number of rotatable bonds is 9. The van der Waals surface area contributed by atoms with E-state index in [9.17, 15) is 39.0 Å². The number of fused-ring (bicyclic) bond motifs is 1. The fraction of sp³-hybridized carbons (Fsp3) is 0.619. The van der Waals surface area contributed by atoms with Gasteiger partial charge in [-0.2, -0.15) is 0 Å². The molecule has 2 saturated heterocycles. The highest BCUT2D eigenvalue weighted by Gasteiger charge is 2.51. The fourth-order valence-corrected chi connectivity index (χ4v) is 3.98. The van der Waals surface area contributed by atoms with Gasteiger partial charge < -0.3 is 30.5 Å². The van der Waals surface area contributed by atoms with E-state index in [0.717, 1.165) is 22.0 Å². The van der Waals surface area contributed by atoms with E-state index in [1.807, 2.05) is 0 Å². The maximum Gasteiger partial charge on any atom is 0.314 e. The van der Waals surface area contributed by atoms with Gasteiger partial charge in [-0.1, -0.05) is 0 Å². The van der Waals surface area contributed by atoms with Gasteiger partial charge in [0.15, 0.2) is 0 Å². The molecule has 13 nitrogen and oxygen atoms in total. The fourth-order valence-electron chi connectivity index (χ4n) is 3.98. The van der Waals surface area contributed by atoms with Crippen molar-refractivity contribution < 1.29 is 43.7 Å². The molecule has 3 aliphatic heterocycles. The first-order valence-electron chi connectivity index (χ1n) is 10.9. The van der Waals surface area contributed by atoms with Crippen LogP contribution >= 0.6 is 0 Å². The first-order valence-corrected chi connectivity index (χ1v) is 10.9. The Bertz CT molecular complexity index is 913. The molecule has 5 amide bonds. The van der Waals surface area contributed by atoms with Crippen molar-refractivity contribution in [3.8, 4) is 0 Å². The van der Waals surface area contributed by atoms with Crippen LogP contribution in [-0.4, -0.2) is 99.6 Å². The summed E-state index contributed by atoms with van der Waals surface area (Å²) >= 11 is 0. The number of aliphatic hydroxyl groups excluding tert-OH is 2. The second-order valence-electron chi connectivity index (χ2n) is 9.07.